The van der Waals surface area contributed by atoms with E-state index in [0.717, 1.165) is 17.7 Å². The number of carbonyl (C=O) groups excluding carboxylic acids is 2. The fourth-order valence-electron chi connectivity index (χ4n) is 2.90. The molecule has 1 aliphatic rings. The predicted molar refractivity (Wildman–Crippen MR) is 114 cm³/mol. The zero-order valence-corrected chi connectivity index (χ0v) is 17.0. The van der Waals surface area contributed by atoms with Gasteiger partial charge in [0, 0.05) is 37.3 Å². The van der Waals surface area contributed by atoms with Gasteiger partial charge in [-0.05, 0) is 42.3 Å². The van der Waals surface area contributed by atoms with E-state index in [0.29, 0.717) is 35.9 Å². The van der Waals surface area contributed by atoms with Gasteiger partial charge in [0.2, 0.25) is 5.91 Å². The number of anilines is 2. The van der Waals surface area contributed by atoms with Gasteiger partial charge in [0.1, 0.15) is 11.9 Å². The van der Waals surface area contributed by atoms with Crippen LogP contribution < -0.4 is 16.0 Å². The van der Waals surface area contributed by atoms with Crippen molar-refractivity contribution in [1.29, 1.82) is 0 Å². The van der Waals surface area contributed by atoms with Crippen molar-refractivity contribution in [3.63, 3.8) is 0 Å². The Kier molecular flexibility index (Phi) is 7.48. The molecule has 0 aliphatic carbocycles. The largest absolute Gasteiger partial charge is 0.385 e. The summed E-state index contributed by atoms with van der Waals surface area (Å²) in [5, 5.41) is 8.93. The molecule has 2 amide bonds. The number of ether oxygens (including phenoxy) is 1. The molecular formula is C21H24FN3O3S. The van der Waals surface area contributed by atoms with Crippen LogP contribution in [-0.4, -0.2) is 43.9 Å². The summed E-state index contributed by atoms with van der Waals surface area (Å²) in [6.45, 7) is 1.12. The Hall–Kier alpha value is -2.58. The summed E-state index contributed by atoms with van der Waals surface area (Å²) in [5.41, 5.74) is 2.88. The molecule has 0 radical (unpaired) electrons. The summed E-state index contributed by atoms with van der Waals surface area (Å²) in [6, 6.07) is 11.2. The highest BCUT2D eigenvalue weighted by molar-refractivity contribution is 7.98. The van der Waals surface area contributed by atoms with Crippen LogP contribution in [0.3, 0.4) is 0 Å². The molecule has 6 nitrogen and oxygen atoms in total. The van der Waals surface area contributed by atoms with Crippen molar-refractivity contribution in [2.24, 2.45) is 0 Å². The molecule has 0 bridgehead atoms. The van der Waals surface area contributed by atoms with Gasteiger partial charge in [-0.3, -0.25) is 9.59 Å². The van der Waals surface area contributed by atoms with E-state index in [1.807, 2.05) is 0 Å². The lowest BCUT2D eigenvalue weighted by Crippen LogP contribution is -2.40. The third-order valence-corrected chi connectivity index (χ3v) is 5.57. The summed E-state index contributed by atoms with van der Waals surface area (Å²) < 4.78 is 17.9. The average Bonchev–Trinajstić information content (AvgIpc) is 2.72. The molecule has 0 saturated carbocycles. The predicted octanol–water partition coefficient (Wildman–Crippen LogP) is 3.26. The summed E-state index contributed by atoms with van der Waals surface area (Å²) in [6.07, 6.45) is 0.739. The van der Waals surface area contributed by atoms with Gasteiger partial charge in [-0.2, -0.15) is 11.8 Å². The lowest BCUT2D eigenvalue weighted by atomic mass is 10.1. The van der Waals surface area contributed by atoms with E-state index in [4.69, 9.17) is 4.74 Å². The first-order chi connectivity index (χ1) is 14.1. The fourth-order valence-corrected chi connectivity index (χ4v) is 3.92. The number of thioether (sulfide) groups is 1. The van der Waals surface area contributed by atoms with Crippen LogP contribution >= 0.6 is 11.8 Å². The highest BCUT2D eigenvalue weighted by atomic mass is 32.2. The van der Waals surface area contributed by atoms with E-state index in [-0.39, 0.29) is 23.7 Å². The second-order valence-electron chi connectivity index (χ2n) is 6.69. The van der Waals surface area contributed by atoms with Gasteiger partial charge in [-0.25, -0.2) is 4.39 Å². The van der Waals surface area contributed by atoms with Crippen LogP contribution in [0.25, 0.3) is 0 Å². The van der Waals surface area contributed by atoms with Crippen molar-refractivity contribution >= 4 is 35.0 Å². The van der Waals surface area contributed by atoms with Crippen LogP contribution in [0.15, 0.2) is 42.5 Å². The Labute approximate surface area is 173 Å². The molecule has 2 aromatic carbocycles. The van der Waals surface area contributed by atoms with Gasteiger partial charge >= 0.3 is 0 Å². The van der Waals surface area contributed by atoms with Gasteiger partial charge < -0.3 is 20.7 Å². The molecule has 3 rings (SSSR count). The molecule has 2 aromatic rings. The van der Waals surface area contributed by atoms with Crippen molar-refractivity contribution in [1.82, 2.24) is 5.32 Å². The fraction of sp³-hybridized carbons (Fsp3) is 0.333. The van der Waals surface area contributed by atoms with E-state index in [1.54, 1.807) is 49.2 Å². The highest BCUT2D eigenvalue weighted by Crippen LogP contribution is 2.29. The first-order valence-corrected chi connectivity index (χ1v) is 10.5. The summed E-state index contributed by atoms with van der Waals surface area (Å²) in [5.74, 6) is 0.689. The van der Waals surface area contributed by atoms with Crippen molar-refractivity contribution in [2.45, 2.75) is 18.2 Å². The molecule has 0 fully saturated rings. The normalized spacial score (nSPS) is 15.2. The minimum atomic E-state index is -0.373. The van der Waals surface area contributed by atoms with Gasteiger partial charge in [0.25, 0.3) is 5.91 Å². The number of benzene rings is 2. The molecule has 1 heterocycles. The molecule has 154 valence electrons. The number of carbonyl (C=O) groups is 2. The number of rotatable bonds is 9. The molecule has 3 N–H and O–H groups in total. The van der Waals surface area contributed by atoms with Gasteiger partial charge in [-0.1, -0.05) is 12.1 Å². The van der Waals surface area contributed by atoms with Gasteiger partial charge in [0.15, 0.2) is 0 Å². The SMILES string of the molecule is COCCCNC(=O)c1ccc2c(c1)NC(=O)C(CSCc1ccc(F)cc1)N2. The molecule has 0 saturated heterocycles. The maximum Gasteiger partial charge on any atom is 0.251 e. The topological polar surface area (TPSA) is 79.5 Å². The van der Waals surface area contributed by atoms with Gasteiger partial charge in [0.05, 0.1) is 11.4 Å². The summed E-state index contributed by atoms with van der Waals surface area (Å²) >= 11 is 1.60. The Bertz CT molecular complexity index is 861. The van der Waals surface area contributed by atoms with Gasteiger partial charge in [-0.15, -0.1) is 0 Å². The maximum atomic E-state index is 13.0. The highest BCUT2D eigenvalue weighted by Gasteiger charge is 2.26. The van der Waals surface area contributed by atoms with E-state index in [1.165, 1.54) is 12.1 Å². The Balaban J connectivity index is 1.53. The van der Waals surface area contributed by atoms with Crippen molar-refractivity contribution in [3.05, 3.63) is 59.4 Å². The molecule has 0 spiro atoms. The maximum absolute atomic E-state index is 13.0. The smallest absolute Gasteiger partial charge is 0.251 e. The van der Waals surface area contributed by atoms with Crippen LogP contribution in [0.1, 0.15) is 22.3 Å². The number of fused-ring (bicyclic) bond motifs is 1. The quantitative estimate of drug-likeness (QED) is 0.546. The lowest BCUT2D eigenvalue weighted by Gasteiger charge is -2.27. The summed E-state index contributed by atoms with van der Waals surface area (Å²) in [4.78, 5) is 24.6. The lowest BCUT2D eigenvalue weighted by molar-refractivity contribution is -0.116. The molecule has 29 heavy (non-hydrogen) atoms. The average molecular weight is 418 g/mol. The molecule has 1 atom stereocenters. The van der Waals surface area contributed by atoms with E-state index in [2.05, 4.69) is 16.0 Å². The minimum absolute atomic E-state index is 0.137. The van der Waals surface area contributed by atoms with Crippen LogP contribution in [0.4, 0.5) is 15.8 Å². The Morgan fingerprint density at radius 1 is 1.21 bits per heavy atom. The second kappa shape index (κ2) is 10.3. The summed E-state index contributed by atoms with van der Waals surface area (Å²) in [7, 11) is 1.62. The molecule has 0 aromatic heterocycles. The van der Waals surface area contributed by atoms with Crippen molar-refractivity contribution < 1.29 is 18.7 Å². The first kappa shape index (κ1) is 21.1. The zero-order valence-electron chi connectivity index (χ0n) is 16.2. The van der Waals surface area contributed by atoms with Crippen LogP contribution in [0.5, 0.6) is 0 Å². The molecular weight excluding hydrogens is 393 g/mol. The molecule has 1 unspecified atom stereocenters. The monoisotopic (exact) mass is 417 g/mol. The first-order valence-electron chi connectivity index (χ1n) is 9.37. The third-order valence-electron chi connectivity index (χ3n) is 4.46. The number of halogens is 1. The third kappa shape index (κ3) is 5.95. The standard InChI is InChI=1S/C21H24FN3O3S/c1-28-10-2-9-23-20(26)15-5-8-17-18(11-15)25-21(27)19(24-17)13-29-12-14-3-6-16(22)7-4-14/h3-8,11,19,24H,2,9-10,12-13H2,1H3,(H,23,26)(H,25,27). The zero-order chi connectivity index (χ0) is 20.6. The molecule has 1 aliphatic heterocycles. The van der Waals surface area contributed by atoms with Crippen LogP contribution in [0.2, 0.25) is 0 Å². The number of hydrogen-bond acceptors (Lipinski definition) is 5. The Morgan fingerprint density at radius 2 is 2.00 bits per heavy atom. The Morgan fingerprint density at radius 3 is 2.76 bits per heavy atom. The van der Waals surface area contributed by atoms with Crippen molar-refractivity contribution in [3.8, 4) is 0 Å². The van der Waals surface area contributed by atoms with E-state index in [9.17, 15) is 14.0 Å². The van der Waals surface area contributed by atoms with E-state index < -0.39 is 0 Å². The van der Waals surface area contributed by atoms with E-state index >= 15 is 0 Å². The number of amides is 2. The van der Waals surface area contributed by atoms with Crippen molar-refractivity contribution in [2.75, 3.05) is 36.6 Å². The number of methoxy groups -OCH3 is 1. The number of nitrogens with one attached hydrogen (secondary N) is 3. The minimum Gasteiger partial charge on any atom is -0.385 e. The van der Waals surface area contributed by atoms with Crippen LogP contribution in [0, 0.1) is 5.82 Å². The molecule has 8 heteroatoms. The van der Waals surface area contributed by atoms with Crippen LogP contribution in [-0.2, 0) is 15.3 Å². The number of hydrogen-bond donors (Lipinski definition) is 3. The second-order valence-corrected chi connectivity index (χ2v) is 7.72.